The Hall–Kier alpha value is -2.64. The zero-order valence-corrected chi connectivity index (χ0v) is 14.3. The predicted octanol–water partition coefficient (Wildman–Crippen LogP) is 2.60. The number of hydrogen-bond donors (Lipinski definition) is 1. The van der Waals surface area contributed by atoms with Gasteiger partial charge in [0.15, 0.2) is 11.9 Å². The van der Waals surface area contributed by atoms with Crippen LogP contribution in [0.4, 0.5) is 5.69 Å². The Morgan fingerprint density at radius 2 is 2.04 bits per heavy atom. The summed E-state index contributed by atoms with van der Waals surface area (Å²) < 4.78 is 10.3. The number of amides is 1. The van der Waals surface area contributed by atoms with Crippen molar-refractivity contribution in [2.75, 3.05) is 6.61 Å². The summed E-state index contributed by atoms with van der Waals surface area (Å²) in [6.45, 7) is 3.45. The normalized spacial score (nSPS) is 15.4. The third kappa shape index (κ3) is 4.91. The first-order chi connectivity index (χ1) is 11.9. The lowest BCUT2D eigenvalue weighted by Crippen LogP contribution is -2.40. The van der Waals surface area contributed by atoms with Crippen molar-refractivity contribution in [1.82, 2.24) is 5.32 Å². The number of carbonyl (C=O) groups excluding carboxylic acids is 2. The second-order valence-electron chi connectivity index (χ2n) is 5.91. The molecule has 0 radical (unpaired) electrons. The molecule has 0 spiro atoms. The van der Waals surface area contributed by atoms with Gasteiger partial charge in [-0.05, 0) is 38.8 Å². The molecule has 1 aromatic rings. The molecule has 0 aromatic heterocycles. The van der Waals surface area contributed by atoms with Gasteiger partial charge in [-0.2, -0.15) is 0 Å². The molecular weight excluding hydrogens is 328 g/mol. The topological polar surface area (TPSA) is 108 Å². The van der Waals surface area contributed by atoms with Gasteiger partial charge in [-0.3, -0.25) is 14.9 Å². The van der Waals surface area contributed by atoms with Gasteiger partial charge in [0.1, 0.15) is 0 Å². The Labute approximate surface area is 145 Å². The van der Waals surface area contributed by atoms with E-state index in [9.17, 15) is 19.7 Å². The Balaban J connectivity index is 2.02. The molecule has 0 bridgehead atoms. The molecule has 8 heteroatoms. The maximum Gasteiger partial charge on any atom is 0.339 e. The third-order valence-electron chi connectivity index (χ3n) is 4.05. The lowest BCUT2D eigenvalue weighted by atomic mass is 10.2. The van der Waals surface area contributed by atoms with E-state index in [0.717, 1.165) is 31.7 Å². The summed E-state index contributed by atoms with van der Waals surface area (Å²) in [7, 11) is 0. The number of nitrogens with zero attached hydrogens (tertiary/aromatic N) is 1. The second-order valence-corrected chi connectivity index (χ2v) is 5.91. The monoisotopic (exact) mass is 350 g/mol. The second kappa shape index (κ2) is 8.46. The van der Waals surface area contributed by atoms with E-state index in [4.69, 9.17) is 9.47 Å². The van der Waals surface area contributed by atoms with Crippen LogP contribution in [-0.4, -0.2) is 35.6 Å². The average Bonchev–Trinajstić information content (AvgIpc) is 3.08. The Bertz CT molecular complexity index is 655. The first kappa shape index (κ1) is 18.7. The number of rotatable bonds is 7. The summed E-state index contributed by atoms with van der Waals surface area (Å²) in [5.41, 5.74) is -0.324. The van der Waals surface area contributed by atoms with Crippen molar-refractivity contribution in [2.24, 2.45) is 0 Å². The largest absolute Gasteiger partial charge is 0.487 e. The molecule has 25 heavy (non-hydrogen) atoms. The van der Waals surface area contributed by atoms with Crippen molar-refractivity contribution in [2.45, 2.75) is 51.7 Å². The molecule has 1 fully saturated rings. The highest BCUT2D eigenvalue weighted by atomic mass is 16.6. The van der Waals surface area contributed by atoms with Crippen LogP contribution in [-0.2, 0) is 9.53 Å². The minimum Gasteiger partial charge on any atom is -0.487 e. The molecule has 0 heterocycles. The molecule has 1 amide bonds. The van der Waals surface area contributed by atoms with Crippen LogP contribution in [0.3, 0.4) is 0 Å². The maximum atomic E-state index is 12.2. The number of nitro benzene ring substituents is 1. The molecule has 136 valence electrons. The predicted molar refractivity (Wildman–Crippen MR) is 89.5 cm³/mol. The van der Waals surface area contributed by atoms with Crippen molar-refractivity contribution < 1.29 is 24.0 Å². The first-order valence-corrected chi connectivity index (χ1v) is 8.35. The van der Waals surface area contributed by atoms with Crippen LogP contribution in [0.25, 0.3) is 0 Å². The fourth-order valence-corrected chi connectivity index (χ4v) is 2.74. The van der Waals surface area contributed by atoms with Gasteiger partial charge < -0.3 is 14.8 Å². The Morgan fingerprint density at radius 1 is 1.36 bits per heavy atom. The zero-order valence-electron chi connectivity index (χ0n) is 14.3. The summed E-state index contributed by atoms with van der Waals surface area (Å²) in [6.07, 6.45) is 3.04. The van der Waals surface area contributed by atoms with Gasteiger partial charge in [0.05, 0.1) is 17.1 Å². The minimum atomic E-state index is -0.973. The highest BCUT2D eigenvalue weighted by molar-refractivity contribution is 5.93. The number of ether oxygens (including phenoxy) is 2. The molecule has 0 saturated heterocycles. The summed E-state index contributed by atoms with van der Waals surface area (Å²) >= 11 is 0. The van der Waals surface area contributed by atoms with Crippen LogP contribution in [0, 0.1) is 10.1 Å². The molecule has 1 aliphatic carbocycles. The molecule has 2 rings (SSSR count). The van der Waals surface area contributed by atoms with Gasteiger partial charge in [0.2, 0.25) is 0 Å². The lowest BCUT2D eigenvalue weighted by molar-refractivity contribution is -0.385. The summed E-state index contributed by atoms with van der Waals surface area (Å²) in [4.78, 5) is 34.7. The van der Waals surface area contributed by atoms with Crippen molar-refractivity contribution >= 4 is 17.6 Å². The van der Waals surface area contributed by atoms with E-state index >= 15 is 0 Å². The smallest absolute Gasteiger partial charge is 0.339 e. The Kier molecular flexibility index (Phi) is 6.32. The van der Waals surface area contributed by atoms with Crippen LogP contribution in [0.2, 0.25) is 0 Å². The first-order valence-electron chi connectivity index (χ1n) is 8.35. The molecule has 1 N–H and O–H groups in total. The van der Waals surface area contributed by atoms with E-state index in [0.29, 0.717) is 0 Å². The number of esters is 1. The van der Waals surface area contributed by atoms with Crippen molar-refractivity contribution in [1.29, 1.82) is 0 Å². The molecule has 0 aliphatic heterocycles. The molecule has 1 aliphatic rings. The number of benzene rings is 1. The van der Waals surface area contributed by atoms with Crippen LogP contribution >= 0.6 is 0 Å². The van der Waals surface area contributed by atoms with Crippen LogP contribution < -0.4 is 10.1 Å². The maximum absolute atomic E-state index is 12.2. The van der Waals surface area contributed by atoms with Gasteiger partial charge in [0, 0.05) is 12.1 Å². The fourth-order valence-electron chi connectivity index (χ4n) is 2.74. The van der Waals surface area contributed by atoms with Gasteiger partial charge in [-0.25, -0.2) is 4.79 Å². The standard InChI is InChI=1S/C17H22N2O6/c1-3-24-15-9-8-12(10-14(15)19(22)23)17(21)25-11(2)16(20)18-13-6-4-5-7-13/h8-11,13H,3-7H2,1-2H3,(H,18,20)/t11-/m1/s1. The van der Waals surface area contributed by atoms with Crippen molar-refractivity contribution in [3.8, 4) is 5.75 Å². The summed E-state index contributed by atoms with van der Waals surface area (Å²) in [5.74, 6) is -1.07. The van der Waals surface area contributed by atoms with Crippen LogP contribution in [0.1, 0.15) is 49.9 Å². The SMILES string of the molecule is CCOc1ccc(C(=O)O[C@H](C)C(=O)NC2CCCC2)cc1[N+](=O)[O-]. The number of nitrogens with one attached hydrogen (secondary N) is 1. The Morgan fingerprint density at radius 3 is 2.64 bits per heavy atom. The summed E-state index contributed by atoms with van der Waals surface area (Å²) in [5, 5.41) is 14.0. The van der Waals surface area contributed by atoms with Gasteiger partial charge in [-0.15, -0.1) is 0 Å². The van der Waals surface area contributed by atoms with E-state index in [-0.39, 0.29) is 35.6 Å². The van der Waals surface area contributed by atoms with E-state index in [1.54, 1.807) is 6.92 Å². The van der Waals surface area contributed by atoms with Gasteiger partial charge in [-0.1, -0.05) is 12.8 Å². The van der Waals surface area contributed by atoms with E-state index in [1.807, 2.05) is 0 Å². The van der Waals surface area contributed by atoms with Gasteiger partial charge >= 0.3 is 11.7 Å². The highest BCUT2D eigenvalue weighted by Gasteiger charge is 2.25. The molecule has 1 aromatic carbocycles. The number of nitro groups is 1. The van der Waals surface area contributed by atoms with Gasteiger partial charge in [0.25, 0.3) is 5.91 Å². The average molecular weight is 350 g/mol. The molecule has 1 saturated carbocycles. The number of carbonyl (C=O) groups is 2. The zero-order chi connectivity index (χ0) is 18.4. The lowest BCUT2D eigenvalue weighted by Gasteiger charge is -2.17. The van der Waals surface area contributed by atoms with E-state index in [2.05, 4.69) is 5.32 Å². The summed E-state index contributed by atoms with van der Waals surface area (Å²) in [6, 6.07) is 3.94. The van der Waals surface area contributed by atoms with E-state index in [1.165, 1.54) is 19.1 Å². The van der Waals surface area contributed by atoms with Crippen LogP contribution in [0.5, 0.6) is 5.75 Å². The molecular formula is C17H22N2O6. The quantitative estimate of drug-likeness (QED) is 0.460. The van der Waals surface area contributed by atoms with E-state index < -0.39 is 17.0 Å². The number of hydrogen-bond acceptors (Lipinski definition) is 6. The molecule has 1 atom stereocenters. The van der Waals surface area contributed by atoms with Crippen LogP contribution in [0.15, 0.2) is 18.2 Å². The fraction of sp³-hybridized carbons (Fsp3) is 0.529. The minimum absolute atomic E-state index is 0.00401. The molecule has 0 unspecified atom stereocenters. The van der Waals surface area contributed by atoms with Crippen molar-refractivity contribution in [3.05, 3.63) is 33.9 Å². The third-order valence-corrected chi connectivity index (χ3v) is 4.05. The molecule has 8 nitrogen and oxygen atoms in total. The van der Waals surface area contributed by atoms with Crippen molar-refractivity contribution in [3.63, 3.8) is 0 Å². The highest BCUT2D eigenvalue weighted by Crippen LogP contribution is 2.28.